The lowest BCUT2D eigenvalue weighted by atomic mass is 9.98. The van der Waals surface area contributed by atoms with Crippen LogP contribution in [0.2, 0.25) is 0 Å². The van der Waals surface area contributed by atoms with Crippen molar-refractivity contribution in [2.75, 3.05) is 25.4 Å². The van der Waals surface area contributed by atoms with Gasteiger partial charge in [0.25, 0.3) is 0 Å². The Bertz CT molecular complexity index is 1500. The number of carbonyl (C=O) groups excluding carboxylic acids is 2. The topological polar surface area (TPSA) is 151 Å². The molecule has 0 saturated heterocycles. The highest BCUT2D eigenvalue weighted by molar-refractivity contribution is 7.89. The van der Waals surface area contributed by atoms with E-state index in [9.17, 15) is 23.1 Å². The Morgan fingerprint density at radius 3 is 2.30 bits per heavy atom. The third-order valence-corrected chi connectivity index (χ3v) is 8.91. The number of sulfonamides is 1. The number of amides is 2. The molecular formula is C33H46N4O6S. The molecule has 0 saturated carbocycles. The number of nitrogen functional groups attached to an aromatic ring is 1. The van der Waals surface area contributed by atoms with Crippen molar-refractivity contribution in [2.45, 2.75) is 76.5 Å². The number of nitrogens with one attached hydrogen (secondary N) is 2. The van der Waals surface area contributed by atoms with Gasteiger partial charge in [0.05, 0.1) is 11.5 Å². The predicted octanol–water partition coefficient (Wildman–Crippen LogP) is 4.46. The second-order valence-electron chi connectivity index (χ2n) is 12.3. The summed E-state index contributed by atoms with van der Waals surface area (Å²) in [6, 6.07) is 18.0. The van der Waals surface area contributed by atoms with Gasteiger partial charge in [-0.25, -0.2) is 13.2 Å². The zero-order valence-corrected chi connectivity index (χ0v) is 27.1. The first-order valence-corrected chi connectivity index (χ1v) is 16.4. The predicted molar refractivity (Wildman–Crippen MR) is 174 cm³/mol. The third kappa shape index (κ3) is 9.93. The summed E-state index contributed by atoms with van der Waals surface area (Å²) in [5.74, 6) is -0.376. The highest BCUT2D eigenvalue weighted by atomic mass is 32.2. The van der Waals surface area contributed by atoms with Crippen LogP contribution in [0, 0.1) is 5.92 Å². The fraction of sp³-hybridized carbons (Fsp3) is 0.455. The largest absolute Gasteiger partial charge is 0.444 e. The Morgan fingerprint density at radius 1 is 1.00 bits per heavy atom. The van der Waals surface area contributed by atoms with Crippen molar-refractivity contribution in [3.05, 3.63) is 72.3 Å². The Morgan fingerprint density at radius 2 is 1.66 bits per heavy atom. The summed E-state index contributed by atoms with van der Waals surface area (Å²) in [7, 11) is -3.90. The molecule has 0 aliphatic rings. The fourth-order valence-corrected chi connectivity index (χ4v) is 6.74. The van der Waals surface area contributed by atoms with E-state index in [0.29, 0.717) is 18.5 Å². The number of fused-ring (bicyclic) bond motifs is 1. The molecule has 0 bridgehead atoms. The maximum Gasteiger partial charge on any atom is 0.408 e. The second-order valence-corrected chi connectivity index (χ2v) is 14.2. The number of aliphatic hydroxyl groups excluding tert-OH is 1. The number of alkyl carbamates (subject to hydrolysis) is 1. The second kappa shape index (κ2) is 15.4. The summed E-state index contributed by atoms with van der Waals surface area (Å²) in [6.45, 7) is 9.13. The van der Waals surface area contributed by atoms with Crippen LogP contribution in [0.1, 0.15) is 53.0 Å². The molecule has 3 aromatic carbocycles. The van der Waals surface area contributed by atoms with Crippen molar-refractivity contribution < 1.29 is 27.9 Å². The highest BCUT2D eigenvalue weighted by Gasteiger charge is 2.32. The van der Waals surface area contributed by atoms with E-state index in [1.807, 2.05) is 56.3 Å². The summed E-state index contributed by atoms with van der Waals surface area (Å²) in [6.07, 6.45) is 0.255. The van der Waals surface area contributed by atoms with Crippen molar-refractivity contribution in [2.24, 2.45) is 5.92 Å². The minimum Gasteiger partial charge on any atom is -0.444 e. The molecule has 2 atom stereocenters. The molecule has 2 amide bonds. The van der Waals surface area contributed by atoms with Crippen LogP contribution in [0.25, 0.3) is 10.8 Å². The average Bonchev–Trinajstić information content (AvgIpc) is 2.95. The molecule has 10 nitrogen and oxygen atoms in total. The van der Waals surface area contributed by atoms with E-state index in [-0.39, 0.29) is 36.9 Å². The molecule has 0 radical (unpaired) electrons. The Balaban J connectivity index is 1.71. The van der Waals surface area contributed by atoms with Crippen molar-refractivity contribution in [3.63, 3.8) is 0 Å². The van der Waals surface area contributed by atoms with E-state index in [2.05, 4.69) is 10.6 Å². The Kier molecular flexibility index (Phi) is 12.2. The summed E-state index contributed by atoms with van der Waals surface area (Å²) in [5, 5.41) is 17.8. The standard InChI is InChI=1S/C33H46N4O6S/c1-23(2)21-37(44(41,42)28-17-15-26(34)16-18-28)27(22-38)13-9-19-35-31(39)30(36-32(40)43-33(3,4)5)20-25-12-8-11-24-10-6-7-14-29(24)25/h6-8,10-12,14-18,23,27,30,38H,9,13,19-22,34H2,1-5H3,(H,35,39)(H,36,40)/t27-,30-/m0/s1. The summed E-state index contributed by atoms with van der Waals surface area (Å²) < 4.78 is 33.8. The van der Waals surface area contributed by atoms with Gasteiger partial charge < -0.3 is 26.2 Å². The third-order valence-electron chi connectivity index (χ3n) is 6.97. The first-order valence-electron chi connectivity index (χ1n) is 14.9. The normalized spacial score (nSPS) is 13.5. The number of nitrogens with two attached hydrogens (primary N) is 1. The summed E-state index contributed by atoms with van der Waals surface area (Å²) in [5.41, 5.74) is 6.36. The molecule has 5 N–H and O–H groups in total. The Labute approximate surface area is 261 Å². The van der Waals surface area contributed by atoms with Gasteiger partial charge in [0.2, 0.25) is 15.9 Å². The van der Waals surface area contributed by atoms with Crippen LogP contribution < -0.4 is 16.4 Å². The minimum atomic E-state index is -3.90. The zero-order chi connectivity index (χ0) is 32.5. The van der Waals surface area contributed by atoms with E-state index >= 15 is 0 Å². The van der Waals surface area contributed by atoms with Crippen LogP contribution in [-0.4, -0.2) is 67.2 Å². The van der Waals surface area contributed by atoms with Crippen molar-refractivity contribution in [1.82, 2.24) is 14.9 Å². The van der Waals surface area contributed by atoms with Crippen molar-refractivity contribution in [1.29, 1.82) is 0 Å². The molecule has 3 rings (SSSR count). The van der Waals surface area contributed by atoms with Crippen LogP contribution in [0.15, 0.2) is 71.6 Å². The number of benzene rings is 3. The number of nitrogens with zero attached hydrogens (tertiary/aromatic N) is 1. The van der Waals surface area contributed by atoms with Crippen LogP contribution in [0.5, 0.6) is 0 Å². The van der Waals surface area contributed by atoms with Gasteiger partial charge in [-0.15, -0.1) is 0 Å². The molecule has 0 aromatic heterocycles. The highest BCUT2D eigenvalue weighted by Crippen LogP contribution is 2.23. The van der Waals surface area contributed by atoms with Crippen molar-refractivity contribution in [3.8, 4) is 0 Å². The quantitative estimate of drug-likeness (QED) is 0.152. The molecule has 240 valence electrons. The molecule has 0 heterocycles. The van der Waals surface area contributed by atoms with E-state index in [1.54, 1.807) is 20.8 Å². The monoisotopic (exact) mass is 626 g/mol. The van der Waals surface area contributed by atoms with Gasteiger partial charge >= 0.3 is 6.09 Å². The molecule has 0 fully saturated rings. The molecule has 3 aromatic rings. The molecule has 11 heteroatoms. The number of anilines is 1. The van der Waals surface area contributed by atoms with Crippen LogP contribution >= 0.6 is 0 Å². The molecule has 0 aliphatic carbocycles. The first kappa shape index (κ1) is 34.8. The lowest BCUT2D eigenvalue weighted by Gasteiger charge is -2.31. The number of carbonyl (C=O) groups is 2. The average molecular weight is 627 g/mol. The maximum absolute atomic E-state index is 13.5. The molecule has 0 unspecified atom stereocenters. The minimum absolute atomic E-state index is 0.0149. The molecular weight excluding hydrogens is 580 g/mol. The van der Waals surface area contributed by atoms with Gasteiger partial charge in [-0.2, -0.15) is 4.31 Å². The van der Waals surface area contributed by atoms with Gasteiger partial charge in [0.1, 0.15) is 11.6 Å². The zero-order valence-electron chi connectivity index (χ0n) is 26.2. The van der Waals surface area contributed by atoms with Crippen LogP contribution in [-0.2, 0) is 26.0 Å². The van der Waals surface area contributed by atoms with Gasteiger partial charge in [-0.1, -0.05) is 56.3 Å². The molecule has 0 aliphatic heterocycles. The Hall–Kier alpha value is -3.67. The summed E-state index contributed by atoms with van der Waals surface area (Å²) in [4.78, 5) is 26.2. The lowest BCUT2D eigenvalue weighted by Crippen LogP contribution is -2.49. The van der Waals surface area contributed by atoms with E-state index in [1.165, 1.54) is 28.6 Å². The smallest absolute Gasteiger partial charge is 0.408 e. The van der Waals surface area contributed by atoms with Crippen LogP contribution in [0.3, 0.4) is 0 Å². The first-order chi connectivity index (χ1) is 20.7. The van der Waals surface area contributed by atoms with E-state index < -0.39 is 39.7 Å². The number of hydrogen-bond acceptors (Lipinski definition) is 7. The molecule has 0 spiro atoms. The molecule has 44 heavy (non-hydrogen) atoms. The number of aliphatic hydroxyl groups is 1. The van der Waals surface area contributed by atoms with Crippen LogP contribution in [0.4, 0.5) is 10.5 Å². The number of hydrogen-bond donors (Lipinski definition) is 4. The van der Waals surface area contributed by atoms with Gasteiger partial charge in [0, 0.05) is 31.2 Å². The maximum atomic E-state index is 13.5. The SMILES string of the molecule is CC(C)CN([C@H](CO)CCCNC(=O)[C@H](Cc1cccc2ccccc12)NC(=O)OC(C)(C)C)S(=O)(=O)c1ccc(N)cc1. The lowest BCUT2D eigenvalue weighted by molar-refractivity contribution is -0.123. The number of rotatable bonds is 14. The number of ether oxygens (including phenoxy) is 1. The van der Waals surface area contributed by atoms with Gasteiger partial charge in [0.15, 0.2) is 0 Å². The van der Waals surface area contributed by atoms with E-state index in [4.69, 9.17) is 10.5 Å². The van der Waals surface area contributed by atoms with Gasteiger partial charge in [-0.05, 0) is 80.1 Å². The van der Waals surface area contributed by atoms with Gasteiger partial charge in [-0.3, -0.25) is 4.79 Å². The summed E-state index contributed by atoms with van der Waals surface area (Å²) >= 11 is 0. The fourth-order valence-electron chi connectivity index (χ4n) is 4.93. The van der Waals surface area contributed by atoms with E-state index in [0.717, 1.165) is 16.3 Å². The van der Waals surface area contributed by atoms with Crippen molar-refractivity contribution >= 4 is 38.5 Å².